The Morgan fingerprint density at radius 2 is 2.00 bits per heavy atom. The van der Waals surface area contributed by atoms with Crippen LogP contribution in [0.3, 0.4) is 0 Å². The lowest BCUT2D eigenvalue weighted by atomic mass is 9.93. The number of aliphatic hydroxyl groups excluding tert-OH is 1. The first-order valence-corrected chi connectivity index (χ1v) is 6.32. The van der Waals surface area contributed by atoms with E-state index in [1.165, 1.54) is 12.1 Å². The van der Waals surface area contributed by atoms with Crippen LogP contribution in [0.2, 0.25) is 5.02 Å². The number of hydrogen-bond donors (Lipinski definition) is 2. The fourth-order valence-corrected chi connectivity index (χ4v) is 2.40. The number of nitrogens with zero attached hydrogens (tertiary/aromatic N) is 1. The second kappa shape index (κ2) is 5.54. The molecule has 0 heterocycles. The van der Waals surface area contributed by atoms with Gasteiger partial charge in [0, 0.05) is 18.2 Å². The minimum absolute atomic E-state index is 0.00961. The van der Waals surface area contributed by atoms with Crippen LogP contribution >= 0.6 is 11.6 Å². The number of anilines is 1. The van der Waals surface area contributed by atoms with Gasteiger partial charge in [-0.3, -0.25) is 10.1 Å². The summed E-state index contributed by atoms with van der Waals surface area (Å²) in [5.74, 6) is 0. The minimum atomic E-state index is -0.466. The molecule has 2 N–H and O–H groups in total. The van der Waals surface area contributed by atoms with E-state index < -0.39 is 4.92 Å². The van der Waals surface area contributed by atoms with Crippen molar-refractivity contribution in [1.82, 2.24) is 0 Å². The van der Waals surface area contributed by atoms with Gasteiger partial charge in [-0.05, 0) is 31.7 Å². The summed E-state index contributed by atoms with van der Waals surface area (Å²) >= 11 is 6.01. The van der Waals surface area contributed by atoms with Crippen molar-refractivity contribution in [2.24, 2.45) is 0 Å². The summed E-state index contributed by atoms with van der Waals surface area (Å²) in [5, 5.41) is 23.6. The highest BCUT2D eigenvalue weighted by Crippen LogP contribution is 2.29. The van der Waals surface area contributed by atoms with Crippen molar-refractivity contribution in [3.05, 3.63) is 33.3 Å². The molecule has 0 bridgehead atoms. The Kier molecular flexibility index (Phi) is 4.04. The Bertz CT molecular complexity index is 445. The Morgan fingerprint density at radius 1 is 1.33 bits per heavy atom. The molecule has 98 valence electrons. The molecule has 5 nitrogen and oxygen atoms in total. The number of rotatable bonds is 3. The maximum Gasteiger partial charge on any atom is 0.271 e. The van der Waals surface area contributed by atoms with Gasteiger partial charge >= 0.3 is 0 Å². The molecule has 18 heavy (non-hydrogen) atoms. The number of nitrogens with one attached hydrogen (secondary N) is 1. The molecule has 1 aromatic carbocycles. The molecular formula is C12H15ClN2O3. The standard InChI is InChI=1S/C12H15ClN2O3/c13-11-7-9(15(17)18)3-6-12(11)14-8-1-4-10(16)5-2-8/h3,6-8,10,14,16H,1-2,4-5H2. The molecule has 0 atom stereocenters. The highest BCUT2D eigenvalue weighted by Gasteiger charge is 2.20. The van der Waals surface area contributed by atoms with Crippen LogP contribution in [0.1, 0.15) is 25.7 Å². The number of nitro benzene ring substituents is 1. The van der Waals surface area contributed by atoms with Crippen LogP contribution in [0.25, 0.3) is 0 Å². The van der Waals surface area contributed by atoms with Gasteiger partial charge in [-0.25, -0.2) is 0 Å². The molecule has 1 saturated carbocycles. The van der Waals surface area contributed by atoms with Crippen LogP contribution < -0.4 is 5.32 Å². The van der Waals surface area contributed by atoms with E-state index in [1.807, 2.05) is 0 Å². The number of nitro groups is 1. The van der Waals surface area contributed by atoms with Gasteiger partial charge in [0.15, 0.2) is 0 Å². The second-order valence-corrected chi connectivity index (χ2v) is 4.98. The molecule has 0 aliphatic heterocycles. The largest absolute Gasteiger partial charge is 0.393 e. The van der Waals surface area contributed by atoms with E-state index in [0.717, 1.165) is 25.7 Å². The normalized spacial score (nSPS) is 23.7. The summed E-state index contributed by atoms with van der Waals surface area (Å²) in [5.41, 5.74) is 0.702. The van der Waals surface area contributed by atoms with Gasteiger partial charge in [-0.2, -0.15) is 0 Å². The van der Waals surface area contributed by atoms with Gasteiger partial charge in [0.2, 0.25) is 0 Å². The molecule has 0 amide bonds. The molecule has 0 radical (unpaired) electrons. The Labute approximate surface area is 110 Å². The summed E-state index contributed by atoms with van der Waals surface area (Å²) in [4.78, 5) is 10.1. The van der Waals surface area contributed by atoms with Gasteiger partial charge in [-0.15, -0.1) is 0 Å². The Morgan fingerprint density at radius 3 is 2.56 bits per heavy atom. The number of benzene rings is 1. The molecule has 0 unspecified atom stereocenters. The fraction of sp³-hybridized carbons (Fsp3) is 0.500. The van der Waals surface area contributed by atoms with Crippen LogP contribution in [0, 0.1) is 10.1 Å². The first-order valence-electron chi connectivity index (χ1n) is 5.95. The molecule has 0 saturated heterocycles. The summed E-state index contributed by atoms with van der Waals surface area (Å²) < 4.78 is 0. The Hall–Kier alpha value is -1.33. The van der Waals surface area contributed by atoms with Gasteiger partial charge < -0.3 is 10.4 Å². The van der Waals surface area contributed by atoms with E-state index >= 15 is 0 Å². The minimum Gasteiger partial charge on any atom is -0.393 e. The van der Waals surface area contributed by atoms with Gasteiger partial charge in [-0.1, -0.05) is 11.6 Å². The number of hydrogen-bond acceptors (Lipinski definition) is 4. The number of non-ortho nitro benzene ring substituents is 1. The van der Waals surface area contributed by atoms with E-state index in [0.29, 0.717) is 10.7 Å². The first kappa shape index (κ1) is 13.1. The molecule has 2 rings (SSSR count). The maximum atomic E-state index is 10.6. The van der Waals surface area contributed by atoms with Crippen molar-refractivity contribution < 1.29 is 10.0 Å². The molecule has 1 fully saturated rings. The van der Waals surface area contributed by atoms with Gasteiger partial charge in [0.1, 0.15) is 0 Å². The molecule has 0 spiro atoms. The van der Waals surface area contributed by atoms with Crippen molar-refractivity contribution >= 4 is 23.0 Å². The zero-order valence-electron chi connectivity index (χ0n) is 9.80. The van der Waals surface area contributed by atoms with Crippen LogP contribution in [-0.4, -0.2) is 22.2 Å². The third-order valence-corrected chi connectivity index (χ3v) is 3.53. The molecule has 1 aromatic rings. The monoisotopic (exact) mass is 270 g/mol. The van der Waals surface area contributed by atoms with Crippen LogP contribution in [-0.2, 0) is 0 Å². The molecule has 0 aromatic heterocycles. The first-order chi connectivity index (χ1) is 8.56. The predicted molar refractivity (Wildman–Crippen MR) is 70.0 cm³/mol. The Balaban J connectivity index is 2.03. The smallest absolute Gasteiger partial charge is 0.271 e. The average Bonchev–Trinajstić information content (AvgIpc) is 2.34. The van der Waals surface area contributed by atoms with Gasteiger partial charge in [0.25, 0.3) is 5.69 Å². The lowest BCUT2D eigenvalue weighted by molar-refractivity contribution is -0.384. The van der Waals surface area contributed by atoms with E-state index in [-0.39, 0.29) is 17.8 Å². The quantitative estimate of drug-likeness (QED) is 0.654. The van der Waals surface area contributed by atoms with Crippen molar-refractivity contribution in [3.8, 4) is 0 Å². The lowest BCUT2D eigenvalue weighted by Crippen LogP contribution is -2.28. The van der Waals surface area contributed by atoms with Gasteiger partial charge in [0.05, 0.1) is 21.7 Å². The molecule has 1 aliphatic carbocycles. The summed E-state index contributed by atoms with van der Waals surface area (Å²) in [6, 6.07) is 4.69. The number of halogens is 1. The zero-order chi connectivity index (χ0) is 13.1. The SMILES string of the molecule is O=[N+]([O-])c1ccc(NC2CCC(O)CC2)c(Cl)c1. The molecule has 6 heteroatoms. The highest BCUT2D eigenvalue weighted by molar-refractivity contribution is 6.33. The van der Waals surface area contributed by atoms with E-state index in [9.17, 15) is 15.2 Å². The zero-order valence-corrected chi connectivity index (χ0v) is 10.6. The van der Waals surface area contributed by atoms with Crippen LogP contribution in [0.4, 0.5) is 11.4 Å². The number of aliphatic hydroxyl groups is 1. The predicted octanol–water partition coefficient (Wildman–Crippen LogP) is 2.96. The third-order valence-electron chi connectivity index (χ3n) is 3.22. The van der Waals surface area contributed by atoms with Crippen LogP contribution in [0.5, 0.6) is 0 Å². The van der Waals surface area contributed by atoms with E-state index in [4.69, 9.17) is 11.6 Å². The van der Waals surface area contributed by atoms with Crippen molar-refractivity contribution in [1.29, 1.82) is 0 Å². The topological polar surface area (TPSA) is 75.4 Å². The average molecular weight is 271 g/mol. The van der Waals surface area contributed by atoms with Crippen molar-refractivity contribution in [2.45, 2.75) is 37.8 Å². The third kappa shape index (κ3) is 3.11. The van der Waals surface area contributed by atoms with Crippen molar-refractivity contribution in [3.63, 3.8) is 0 Å². The molecule has 1 aliphatic rings. The highest BCUT2D eigenvalue weighted by atomic mass is 35.5. The lowest BCUT2D eigenvalue weighted by Gasteiger charge is -2.27. The second-order valence-electron chi connectivity index (χ2n) is 4.57. The molecular weight excluding hydrogens is 256 g/mol. The van der Waals surface area contributed by atoms with E-state index in [1.54, 1.807) is 6.07 Å². The maximum absolute atomic E-state index is 10.6. The summed E-state index contributed by atoms with van der Waals surface area (Å²) in [6.45, 7) is 0. The fourth-order valence-electron chi connectivity index (χ4n) is 2.17. The summed E-state index contributed by atoms with van der Waals surface area (Å²) in [6.07, 6.45) is 3.13. The van der Waals surface area contributed by atoms with Crippen LogP contribution in [0.15, 0.2) is 18.2 Å². The summed E-state index contributed by atoms with van der Waals surface area (Å²) in [7, 11) is 0. The van der Waals surface area contributed by atoms with Crippen molar-refractivity contribution in [2.75, 3.05) is 5.32 Å². The van der Waals surface area contributed by atoms with E-state index in [2.05, 4.69) is 5.32 Å².